The van der Waals surface area contributed by atoms with Gasteiger partial charge in [0.15, 0.2) is 0 Å². The minimum atomic E-state index is -2.66. The number of aliphatic hydroxyl groups excluding tert-OH is 9. The zero-order valence-corrected chi connectivity index (χ0v) is 82.2. The van der Waals surface area contributed by atoms with Gasteiger partial charge in [-0.05, 0) is 184 Å². The lowest BCUT2D eigenvalue weighted by Gasteiger charge is -2.47. The number of nitrogens with two attached hydrogens (primary N) is 1. The van der Waals surface area contributed by atoms with Crippen molar-refractivity contribution in [3.05, 3.63) is 65.3 Å². The Labute approximate surface area is 801 Å². The van der Waals surface area contributed by atoms with Gasteiger partial charge in [0, 0.05) is 84.4 Å². The van der Waals surface area contributed by atoms with Crippen LogP contribution in [0.15, 0.2) is 59.7 Å². The van der Waals surface area contributed by atoms with Crippen molar-refractivity contribution in [2.75, 3.05) is 54.1 Å². The first-order valence-corrected chi connectivity index (χ1v) is 49.6. The van der Waals surface area contributed by atoms with Crippen molar-refractivity contribution >= 4 is 64.8 Å². The van der Waals surface area contributed by atoms with E-state index in [4.69, 9.17) is 29.4 Å². The number of carbonyl (C=O) groups is 11. The molecule has 7 rings (SSSR count). The Kier molecular flexibility index (Phi) is 47.9. The van der Waals surface area contributed by atoms with Crippen LogP contribution < -0.4 is 37.6 Å². The lowest BCUT2D eigenvalue weighted by atomic mass is 9.82. The van der Waals surface area contributed by atoms with Crippen LogP contribution >= 0.6 is 0 Å². The van der Waals surface area contributed by atoms with Gasteiger partial charge in [-0.3, -0.25) is 53.3 Å². The fraction of sp³-hybridized carbons (Fsp3) is 0.768. The van der Waals surface area contributed by atoms with Gasteiger partial charge in [0.1, 0.15) is 84.4 Å². The molecule has 0 saturated carbocycles. The number of cyclic esters (lactones) is 1. The van der Waals surface area contributed by atoms with E-state index in [1.807, 2.05) is 45.1 Å². The van der Waals surface area contributed by atoms with Crippen LogP contribution in [-0.4, -0.2) is 323 Å². The zero-order valence-electron chi connectivity index (χ0n) is 82.2. The topological polar surface area (TPSA) is 564 Å². The number of amides is 8. The van der Waals surface area contributed by atoms with Crippen LogP contribution in [0.4, 0.5) is 0 Å². The van der Waals surface area contributed by atoms with Gasteiger partial charge >= 0.3 is 5.97 Å². The number of hydrogen-bond donors (Lipinski definition) is 18. The summed E-state index contributed by atoms with van der Waals surface area (Å²) < 4.78 is 30.4. The maximum atomic E-state index is 15.2. The molecule has 1 aromatic rings. The molecule has 6 aliphatic rings. The van der Waals surface area contributed by atoms with Crippen LogP contribution in [0.1, 0.15) is 267 Å². The summed E-state index contributed by atoms with van der Waals surface area (Å²) in [5.74, 6) is -16.2. The number of ether oxygens (including phenoxy) is 5. The molecule has 0 radical (unpaired) electrons. The van der Waals surface area contributed by atoms with E-state index in [-0.39, 0.29) is 87.6 Å². The average Bonchev–Trinajstić information content (AvgIpc) is 1.34. The molecule has 37 nitrogen and oxygen atoms in total. The number of rotatable bonds is 38. The van der Waals surface area contributed by atoms with Crippen molar-refractivity contribution in [3.8, 4) is 5.75 Å². The number of allylic oxidation sites excluding steroid dienone is 5. The van der Waals surface area contributed by atoms with Crippen LogP contribution in [0.5, 0.6) is 5.75 Å². The third kappa shape index (κ3) is 32.9. The van der Waals surface area contributed by atoms with Gasteiger partial charge in [0.2, 0.25) is 47.1 Å². The molecule has 8 amide bonds. The first-order chi connectivity index (χ1) is 64.6. The number of aromatic hydroxyl groups is 1. The smallest absolute Gasteiger partial charge is 0.329 e. The lowest BCUT2D eigenvalue weighted by Crippen LogP contribution is -2.65. The Balaban J connectivity index is 1.21. The quantitative estimate of drug-likeness (QED) is 0.0194. The molecule has 0 spiro atoms. The first kappa shape index (κ1) is 115. The molecule has 6 heterocycles. The summed E-state index contributed by atoms with van der Waals surface area (Å²) in [7, 11) is 4.44. The molecule has 0 aliphatic carbocycles. The predicted molar refractivity (Wildman–Crippen MR) is 503 cm³/mol. The fourth-order valence-corrected chi connectivity index (χ4v) is 19.8. The number of carbonyl (C=O) groups excluding carboxylic acids is 11. The molecule has 136 heavy (non-hydrogen) atoms. The number of nitrogens with zero attached hydrogens (tertiary/aromatic N) is 3. The molecule has 6 aliphatic heterocycles. The minimum Gasteiger partial charge on any atom is -0.508 e. The van der Waals surface area contributed by atoms with Gasteiger partial charge in [-0.1, -0.05) is 142 Å². The predicted octanol–water partition coefficient (Wildman–Crippen LogP) is 3.70. The number of esters is 1. The maximum absolute atomic E-state index is 15.2. The molecular weight excluding hydrogens is 1760 g/mol. The van der Waals surface area contributed by atoms with E-state index in [1.165, 1.54) is 33.5 Å². The molecule has 37 heteroatoms. The first-order valence-electron chi connectivity index (χ1n) is 49.6. The molecular formula is C99H162N10O27. The highest BCUT2D eigenvalue weighted by atomic mass is 16.7. The number of Topliss-reactive ketones (excluding diaryl/α,β-unsaturated/α-hetero) is 2. The normalized spacial score (nSPS) is 32.0. The third-order valence-corrected chi connectivity index (χ3v) is 28.2. The van der Waals surface area contributed by atoms with Crippen molar-refractivity contribution in [3.63, 3.8) is 0 Å². The van der Waals surface area contributed by atoms with Gasteiger partial charge in [-0.15, -0.1) is 0 Å². The van der Waals surface area contributed by atoms with Crippen LogP contribution in [-0.2, 0) is 76.4 Å². The molecule has 1 aromatic carbocycles. The van der Waals surface area contributed by atoms with Gasteiger partial charge in [-0.2, -0.15) is 0 Å². The number of phenols is 1. The van der Waals surface area contributed by atoms with E-state index in [9.17, 15) is 89.7 Å². The third-order valence-electron chi connectivity index (χ3n) is 28.2. The van der Waals surface area contributed by atoms with Gasteiger partial charge in [0.25, 0.3) is 11.7 Å². The Morgan fingerprint density at radius 2 is 1.34 bits per heavy atom. The standard InChI is InChI=1S/C99H162N10O27/c1-14-30-71(113)77(132-11)35-29-32-60(7)87-62(9)74(116)54-75(117)65(49-58(5)48-59(6)50-78(133-12)88-79(134-13)51-61(8)99(131,136-88)89(122)97(129)107-45-28-26-34-69(107)98(130)135-87)33-24-20-18-22-27-44-101-90-76(118)53-68(102-80(119)36-25-21-17-16-19-23-31-57(4)47-56(3)15-2)91(123)103-81(63(10)110)95(127)109-55-67(112)52-70(109)92(124)105-83(86(121)85(120)64-37-39-66(111)40-38-64)93(125)104-82(72(114)41-43-100)96(128)108-46-42-73(115)84(108)94(126)106-90/h20,24,32,37-40,49,56-57,59,61-63,65,67-74,76-79,81-88,90,101,110-116,118,120-121,131H,14-19,21-23,25-31,33-36,41-48,50-55,100H2,1-13H3,(H,102,119)(H,103,123)(H,104,125)(H,105,124)(H,106,126)/b24-20+,58-49-,60-32+/t56?,57?,59-,61?,62+,63+,65-,67+,68?,69?,70?,71+,72+,73-,74?,76+,77?,78?,79?,81?,82?,83?,84?,85-,86-,87?,88+,90-,99?/m0/s1. The summed E-state index contributed by atoms with van der Waals surface area (Å²) in [6.45, 7) is 17.2. The Hall–Kier alpha value is -7.83. The molecule has 770 valence electrons. The highest BCUT2D eigenvalue weighted by Crippen LogP contribution is 2.40. The van der Waals surface area contributed by atoms with Crippen LogP contribution in [0.2, 0.25) is 0 Å². The maximum Gasteiger partial charge on any atom is 0.329 e. The molecule has 2 bridgehead atoms. The second kappa shape index (κ2) is 56.6. The van der Waals surface area contributed by atoms with Crippen molar-refractivity contribution < 1.29 is 133 Å². The average molecular weight is 1920 g/mol. The Morgan fingerprint density at radius 1 is 0.676 bits per heavy atom. The number of ketones is 2. The van der Waals surface area contributed by atoms with Crippen molar-refractivity contribution in [2.45, 2.75) is 395 Å². The number of fused-ring (bicyclic) bond motifs is 5. The van der Waals surface area contributed by atoms with Crippen molar-refractivity contribution in [2.24, 2.45) is 41.2 Å². The lowest BCUT2D eigenvalue weighted by molar-refractivity contribution is -0.302. The molecule has 5 fully saturated rings. The van der Waals surface area contributed by atoms with Crippen molar-refractivity contribution in [1.82, 2.24) is 46.6 Å². The number of methoxy groups -OCH3 is 3. The summed E-state index contributed by atoms with van der Waals surface area (Å²) in [5, 5.41) is 144. The number of piperidine rings is 1. The fourth-order valence-electron chi connectivity index (χ4n) is 19.8. The van der Waals surface area contributed by atoms with Gasteiger partial charge in [-0.25, -0.2) is 4.79 Å². The largest absolute Gasteiger partial charge is 0.508 e. The van der Waals surface area contributed by atoms with E-state index < -0.39 is 255 Å². The number of unbranched alkanes of at least 4 members (excludes halogenated alkanes) is 7. The van der Waals surface area contributed by atoms with Crippen LogP contribution in [0.3, 0.4) is 0 Å². The second-order valence-electron chi connectivity index (χ2n) is 39.3. The van der Waals surface area contributed by atoms with Crippen LogP contribution in [0.25, 0.3) is 0 Å². The van der Waals surface area contributed by atoms with E-state index >= 15 is 19.2 Å². The van der Waals surface area contributed by atoms with E-state index in [1.54, 1.807) is 20.8 Å². The monoisotopic (exact) mass is 1920 g/mol. The number of phenolic OH excluding ortho intramolecular Hbond substituents is 1. The van der Waals surface area contributed by atoms with E-state index in [0.717, 1.165) is 84.3 Å². The molecule has 29 atom stereocenters. The number of aliphatic hydroxyl groups is 10. The Morgan fingerprint density at radius 3 is 2.00 bits per heavy atom. The second-order valence-corrected chi connectivity index (χ2v) is 39.3. The number of nitrogens with one attached hydrogen (secondary N) is 6. The van der Waals surface area contributed by atoms with E-state index in [0.29, 0.717) is 88.0 Å². The number of hydrogen-bond acceptors (Lipinski definition) is 29. The molecule has 5 saturated heterocycles. The summed E-state index contributed by atoms with van der Waals surface area (Å²) in [4.78, 5) is 167. The summed E-state index contributed by atoms with van der Waals surface area (Å²) >= 11 is 0. The highest BCUT2D eigenvalue weighted by molar-refractivity contribution is 6.39. The number of benzene rings is 1. The Bertz CT molecular complexity index is 4090. The summed E-state index contributed by atoms with van der Waals surface area (Å²) in [6.07, 6.45) is -3.35. The minimum absolute atomic E-state index is 0.0236. The summed E-state index contributed by atoms with van der Waals surface area (Å²) in [5.41, 5.74) is 7.10. The highest BCUT2D eigenvalue weighted by Gasteiger charge is 2.58. The zero-order chi connectivity index (χ0) is 101. The van der Waals surface area contributed by atoms with Gasteiger partial charge in [0.05, 0.1) is 61.0 Å². The van der Waals surface area contributed by atoms with E-state index in [2.05, 4.69) is 52.7 Å². The SMILES string of the molecule is CCC[C@@H](O)C(CC/C=C(\C)C1OC(=O)C2CCCCN2C(=O)C(=O)C2(O)O[C@@H](C(OC)CC2C)C(OC)C[C@@H](C)C/C(C)=C\[C@H](C/C=C/CCCCN[C@H]2NC(=O)C3[C@@H](O)CCN3C(=O)C([C@H](O)CCN)NC(=O)C([C@H](O)[C@@H](O)c3ccc(O)cc3)NC(=O)C3C[C@@H](O)CN3C(=O)C([C@@H](C)O)NC(=O)C(NC(=O)CCCCCCCCC(C)CC(C)CC)C[C@H]2O)C(=O)CC(O)[C@H]1C)OC. The van der Waals surface area contributed by atoms with Crippen molar-refractivity contribution in [1.29, 1.82) is 0 Å². The van der Waals surface area contributed by atoms with Gasteiger partial charge < -0.3 is 127 Å². The summed E-state index contributed by atoms with van der Waals surface area (Å²) in [6, 6.07) is -8.35. The molecule has 16 unspecified atom stereocenters. The molecule has 0 aromatic heterocycles. The molecule has 19 N–H and O–H groups in total. The van der Waals surface area contributed by atoms with Crippen LogP contribution in [0, 0.1) is 35.5 Å².